The molecule has 10 heteroatoms. The number of ether oxygens (including phenoxy) is 6. The molecule has 0 N–H and O–H groups in total. The lowest BCUT2D eigenvalue weighted by molar-refractivity contribution is 0.104. The van der Waals surface area contributed by atoms with Crippen molar-refractivity contribution in [2.75, 3.05) is 41.7 Å². The smallest absolute Gasteiger partial charge is 0.203 e. The molecule has 0 saturated carbocycles. The minimum atomic E-state index is -0.206. The van der Waals surface area contributed by atoms with Gasteiger partial charge >= 0.3 is 0 Å². The largest absolute Gasteiger partial charge is 0.494 e. The molecule has 0 bridgehead atoms. The van der Waals surface area contributed by atoms with Gasteiger partial charge in [0.1, 0.15) is 5.75 Å². The van der Waals surface area contributed by atoms with Crippen LogP contribution in [0.15, 0.2) is 66.7 Å². The normalized spacial score (nSPS) is 14.4. The molecule has 1 aliphatic rings. The van der Waals surface area contributed by atoms with E-state index in [2.05, 4.69) is 30.8 Å². The summed E-state index contributed by atoms with van der Waals surface area (Å²) in [6, 6.07) is 16.9. The van der Waals surface area contributed by atoms with Crippen LogP contribution in [0.2, 0.25) is 0 Å². The van der Waals surface area contributed by atoms with Crippen molar-refractivity contribution in [2.45, 2.75) is 17.4 Å². The van der Waals surface area contributed by atoms with Gasteiger partial charge < -0.3 is 28.4 Å². The zero-order valence-electron chi connectivity index (χ0n) is 24.0. The Morgan fingerprint density at radius 2 is 1.48 bits per heavy atom. The number of rotatable bonds is 15. The molecular weight excluding hydrogens is 593 g/mol. The SMILES string of the molecule is COc1ccc(/C=C/C(=O)c2cc(OC)c(OC)c(OC)c2)cc1OCCCCOc1ccc(C2=CC(S)SS2)cc1. The maximum Gasteiger partial charge on any atom is 0.203 e. The summed E-state index contributed by atoms with van der Waals surface area (Å²) in [6.45, 7) is 1.10. The first kappa shape index (κ1) is 31.6. The molecule has 0 aromatic heterocycles. The number of carbonyl (C=O) groups excluding carboxylic acids is 1. The first-order valence-electron chi connectivity index (χ1n) is 13.3. The van der Waals surface area contributed by atoms with Crippen LogP contribution < -0.4 is 28.4 Å². The third-order valence-corrected chi connectivity index (χ3v) is 9.62. The summed E-state index contributed by atoms with van der Waals surface area (Å²) in [7, 11) is 9.63. The van der Waals surface area contributed by atoms with Crippen LogP contribution in [0, 0.1) is 0 Å². The van der Waals surface area contributed by atoms with E-state index in [1.165, 1.54) is 37.9 Å². The van der Waals surface area contributed by atoms with Gasteiger partial charge in [-0.1, -0.05) is 45.9 Å². The Labute approximate surface area is 260 Å². The van der Waals surface area contributed by atoms with Crippen molar-refractivity contribution in [3.8, 4) is 34.5 Å². The van der Waals surface area contributed by atoms with Crippen LogP contribution in [-0.2, 0) is 0 Å². The van der Waals surface area contributed by atoms with E-state index in [1.54, 1.807) is 46.9 Å². The molecule has 1 aliphatic heterocycles. The van der Waals surface area contributed by atoms with Crippen molar-refractivity contribution in [1.82, 2.24) is 0 Å². The number of methoxy groups -OCH3 is 4. The summed E-state index contributed by atoms with van der Waals surface area (Å²) in [5.74, 6) is 3.14. The first-order chi connectivity index (χ1) is 20.4. The number of benzene rings is 3. The fourth-order valence-electron chi connectivity index (χ4n) is 4.12. The van der Waals surface area contributed by atoms with E-state index in [9.17, 15) is 4.79 Å². The average molecular weight is 627 g/mol. The molecule has 1 unspecified atom stereocenters. The van der Waals surface area contributed by atoms with Crippen molar-refractivity contribution >= 4 is 51.0 Å². The van der Waals surface area contributed by atoms with E-state index < -0.39 is 0 Å². The van der Waals surface area contributed by atoms with Crippen molar-refractivity contribution in [3.05, 3.63) is 83.4 Å². The maximum atomic E-state index is 12.9. The fourth-order valence-corrected chi connectivity index (χ4v) is 6.89. The van der Waals surface area contributed by atoms with E-state index in [1.807, 2.05) is 30.3 Å². The Morgan fingerprint density at radius 3 is 2.07 bits per heavy atom. The number of thiol groups is 1. The van der Waals surface area contributed by atoms with Crippen LogP contribution in [0.1, 0.15) is 34.3 Å². The number of ketones is 1. The second-order valence-corrected chi connectivity index (χ2v) is 12.3. The molecular formula is C32H34O7S3. The Balaban J connectivity index is 1.28. The Hall–Kier alpha value is -3.34. The molecule has 0 fully saturated rings. The van der Waals surface area contributed by atoms with Gasteiger partial charge in [-0.3, -0.25) is 4.79 Å². The lowest BCUT2D eigenvalue weighted by atomic mass is 10.1. The van der Waals surface area contributed by atoms with Gasteiger partial charge in [-0.25, -0.2) is 0 Å². The molecule has 0 aliphatic carbocycles. The fraction of sp³-hybridized carbons (Fsp3) is 0.281. The van der Waals surface area contributed by atoms with Gasteiger partial charge in [-0.2, -0.15) is 12.6 Å². The number of hydrogen-bond acceptors (Lipinski definition) is 10. The maximum absolute atomic E-state index is 12.9. The lowest BCUT2D eigenvalue weighted by Gasteiger charge is -2.13. The lowest BCUT2D eigenvalue weighted by Crippen LogP contribution is -2.03. The molecule has 222 valence electrons. The van der Waals surface area contributed by atoms with Gasteiger partial charge in [0.2, 0.25) is 5.75 Å². The molecule has 0 saturated heterocycles. The molecule has 1 atom stereocenters. The number of allylic oxidation sites excluding steroid dienone is 1. The van der Waals surface area contributed by atoms with Gasteiger partial charge in [-0.05, 0) is 72.5 Å². The Kier molecular flexibility index (Phi) is 11.9. The summed E-state index contributed by atoms with van der Waals surface area (Å²) in [5, 5.41) is 0. The van der Waals surface area contributed by atoms with E-state index in [0.29, 0.717) is 47.5 Å². The highest BCUT2D eigenvalue weighted by molar-refractivity contribution is 8.82. The number of hydrogen-bond donors (Lipinski definition) is 1. The predicted octanol–water partition coefficient (Wildman–Crippen LogP) is 7.85. The summed E-state index contributed by atoms with van der Waals surface area (Å²) < 4.78 is 33.7. The standard InChI is InChI=1S/C32H34O7S3/c1-34-26-14-8-21(7-13-25(33)23-18-28(35-2)32(37-4)29(19-23)36-3)17-27(26)39-16-6-5-15-38-24-11-9-22(10-12-24)30-20-31(40)42-41-30/h7-14,17-20,31,40H,5-6,15-16H2,1-4H3/b13-7+. The van der Waals surface area contributed by atoms with Crippen LogP contribution in [0.5, 0.6) is 34.5 Å². The molecule has 0 amide bonds. The topological polar surface area (TPSA) is 72.5 Å². The van der Waals surface area contributed by atoms with Gasteiger partial charge in [0, 0.05) is 10.5 Å². The summed E-state index contributed by atoms with van der Waals surface area (Å²) in [5.41, 5.74) is 2.40. The number of unbranched alkanes of at least 4 members (excludes halogenated alkanes) is 1. The molecule has 0 spiro atoms. The highest BCUT2D eigenvalue weighted by atomic mass is 33.1. The van der Waals surface area contributed by atoms with Crippen molar-refractivity contribution < 1.29 is 33.2 Å². The quantitative estimate of drug-likeness (QED) is 0.0597. The predicted molar refractivity (Wildman–Crippen MR) is 175 cm³/mol. The van der Waals surface area contributed by atoms with E-state index in [0.717, 1.165) is 24.2 Å². The minimum absolute atomic E-state index is 0.206. The van der Waals surface area contributed by atoms with Crippen LogP contribution in [-0.4, -0.2) is 52.0 Å². The molecule has 3 aromatic rings. The average Bonchev–Trinajstić information content (AvgIpc) is 3.47. The van der Waals surface area contributed by atoms with Crippen LogP contribution in [0.4, 0.5) is 0 Å². The Bertz CT molecular complexity index is 1400. The summed E-state index contributed by atoms with van der Waals surface area (Å²) in [6.07, 6.45) is 7.04. The third kappa shape index (κ3) is 8.36. The molecule has 0 radical (unpaired) electrons. The van der Waals surface area contributed by atoms with Gasteiger partial charge in [0.15, 0.2) is 28.8 Å². The zero-order valence-corrected chi connectivity index (χ0v) is 26.5. The third-order valence-electron chi connectivity index (χ3n) is 6.30. The van der Waals surface area contributed by atoms with Crippen LogP contribution in [0.3, 0.4) is 0 Å². The molecule has 4 rings (SSSR count). The molecule has 42 heavy (non-hydrogen) atoms. The van der Waals surface area contributed by atoms with Crippen molar-refractivity contribution in [1.29, 1.82) is 0 Å². The van der Waals surface area contributed by atoms with Gasteiger partial charge in [0.05, 0.1) is 46.2 Å². The molecule has 1 heterocycles. The summed E-state index contributed by atoms with van der Waals surface area (Å²) in [4.78, 5) is 14.2. The minimum Gasteiger partial charge on any atom is -0.494 e. The van der Waals surface area contributed by atoms with Crippen LogP contribution >= 0.6 is 34.2 Å². The number of carbonyl (C=O) groups is 1. The highest BCUT2D eigenvalue weighted by Crippen LogP contribution is 2.48. The van der Waals surface area contributed by atoms with E-state index in [-0.39, 0.29) is 10.4 Å². The van der Waals surface area contributed by atoms with E-state index in [4.69, 9.17) is 28.4 Å². The highest BCUT2D eigenvalue weighted by Gasteiger charge is 2.17. The monoisotopic (exact) mass is 626 g/mol. The molecule has 7 nitrogen and oxygen atoms in total. The van der Waals surface area contributed by atoms with Crippen molar-refractivity contribution in [3.63, 3.8) is 0 Å². The van der Waals surface area contributed by atoms with Crippen molar-refractivity contribution in [2.24, 2.45) is 0 Å². The first-order valence-corrected chi connectivity index (χ1v) is 16.0. The van der Waals surface area contributed by atoms with Gasteiger partial charge in [-0.15, -0.1) is 0 Å². The molecule has 3 aromatic carbocycles. The second-order valence-electron chi connectivity index (χ2n) is 9.05. The zero-order chi connectivity index (χ0) is 29.9. The summed E-state index contributed by atoms with van der Waals surface area (Å²) >= 11 is 4.48. The second kappa shape index (κ2) is 15.8. The van der Waals surface area contributed by atoms with Gasteiger partial charge in [0.25, 0.3) is 0 Å². The Morgan fingerprint density at radius 1 is 0.810 bits per heavy atom. The van der Waals surface area contributed by atoms with Crippen LogP contribution in [0.25, 0.3) is 11.0 Å². The van der Waals surface area contributed by atoms with E-state index >= 15 is 0 Å².